The van der Waals surface area contributed by atoms with Crippen molar-refractivity contribution in [1.82, 2.24) is 4.98 Å². The molecule has 0 aliphatic rings. The minimum absolute atomic E-state index is 0.619. The molecular formula is C11H16BrNO. The van der Waals surface area contributed by atoms with Crippen LogP contribution in [0.3, 0.4) is 0 Å². The maximum Gasteiger partial charge on any atom is 0.0674 e. The average Bonchev–Trinajstić information content (AvgIpc) is 2.08. The molecule has 0 fully saturated rings. The quantitative estimate of drug-likeness (QED) is 0.900. The van der Waals surface area contributed by atoms with Gasteiger partial charge < -0.3 is 5.11 Å². The summed E-state index contributed by atoms with van der Waals surface area (Å²) in [7, 11) is 0. The molecule has 14 heavy (non-hydrogen) atoms. The Bertz CT molecular complexity index is 282. The first-order chi connectivity index (χ1) is 6.53. The Labute approximate surface area is 93.5 Å². The van der Waals surface area contributed by atoms with E-state index in [9.17, 15) is 5.11 Å². The zero-order valence-electron chi connectivity index (χ0n) is 8.63. The highest BCUT2D eigenvalue weighted by molar-refractivity contribution is 9.10. The summed E-state index contributed by atoms with van der Waals surface area (Å²) in [5.41, 5.74) is 0.307. The predicted octanol–water partition coefficient (Wildman–Crippen LogP) is 2.94. The van der Waals surface area contributed by atoms with Gasteiger partial charge in [0.05, 0.1) is 5.60 Å². The van der Waals surface area contributed by atoms with Gasteiger partial charge in [-0.05, 0) is 41.4 Å². The first-order valence-electron chi connectivity index (χ1n) is 4.86. The molecule has 0 aromatic carbocycles. The summed E-state index contributed by atoms with van der Waals surface area (Å²) in [6.45, 7) is 3.93. The standard InChI is InChI=1S/C11H16BrNO/c1-3-6-11(2,14)7-10-5-4-9(12)8-13-10/h4-5,8,14H,3,6-7H2,1-2H3. The second kappa shape index (κ2) is 4.89. The Morgan fingerprint density at radius 1 is 1.50 bits per heavy atom. The molecule has 0 spiro atoms. The molecule has 0 bridgehead atoms. The number of aromatic nitrogens is 1. The highest BCUT2D eigenvalue weighted by Crippen LogP contribution is 2.18. The van der Waals surface area contributed by atoms with Crippen LogP contribution in [0.4, 0.5) is 0 Å². The van der Waals surface area contributed by atoms with E-state index in [0.29, 0.717) is 6.42 Å². The Kier molecular flexibility index (Phi) is 4.08. The van der Waals surface area contributed by atoms with Crippen LogP contribution >= 0.6 is 15.9 Å². The van der Waals surface area contributed by atoms with E-state index in [2.05, 4.69) is 27.8 Å². The van der Waals surface area contributed by atoms with E-state index in [1.54, 1.807) is 6.20 Å². The fraction of sp³-hybridized carbons (Fsp3) is 0.545. The lowest BCUT2D eigenvalue weighted by atomic mass is 9.95. The van der Waals surface area contributed by atoms with E-state index >= 15 is 0 Å². The summed E-state index contributed by atoms with van der Waals surface area (Å²) in [6.07, 6.45) is 4.18. The first kappa shape index (κ1) is 11.7. The van der Waals surface area contributed by atoms with Crippen LogP contribution in [0.15, 0.2) is 22.8 Å². The molecule has 2 nitrogen and oxygen atoms in total. The van der Waals surface area contributed by atoms with E-state index in [-0.39, 0.29) is 0 Å². The normalized spacial score (nSPS) is 15.1. The Balaban J connectivity index is 2.64. The lowest BCUT2D eigenvalue weighted by Crippen LogP contribution is -2.27. The zero-order chi connectivity index (χ0) is 10.6. The molecule has 3 heteroatoms. The number of nitrogens with zero attached hydrogens (tertiary/aromatic N) is 1. The van der Waals surface area contributed by atoms with Gasteiger partial charge in [0.2, 0.25) is 0 Å². The van der Waals surface area contributed by atoms with Crippen molar-refractivity contribution >= 4 is 15.9 Å². The van der Waals surface area contributed by atoms with Gasteiger partial charge in [-0.3, -0.25) is 4.98 Å². The van der Waals surface area contributed by atoms with E-state index in [1.165, 1.54) is 0 Å². The number of aliphatic hydroxyl groups is 1. The molecule has 0 aliphatic heterocycles. The number of hydrogen-bond donors (Lipinski definition) is 1. The topological polar surface area (TPSA) is 33.1 Å². The van der Waals surface area contributed by atoms with Crippen LogP contribution in [0.1, 0.15) is 32.4 Å². The van der Waals surface area contributed by atoms with Crippen molar-refractivity contribution in [1.29, 1.82) is 0 Å². The monoisotopic (exact) mass is 257 g/mol. The molecule has 1 aromatic heterocycles. The molecule has 1 heterocycles. The lowest BCUT2D eigenvalue weighted by Gasteiger charge is -2.21. The number of pyridine rings is 1. The van der Waals surface area contributed by atoms with Crippen LogP contribution in [0.2, 0.25) is 0 Å². The summed E-state index contributed by atoms with van der Waals surface area (Å²) >= 11 is 3.33. The van der Waals surface area contributed by atoms with E-state index in [1.807, 2.05) is 19.1 Å². The molecule has 1 rings (SSSR count). The number of rotatable bonds is 4. The minimum atomic E-state index is -0.629. The van der Waals surface area contributed by atoms with Crippen LogP contribution < -0.4 is 0 Å². The second-order valence-corrected chi connectivity index (χ2v) is 4.81. The maximum absolute atomic E-state index is 9.99. The van der Waals surface area contributed by atoms with Gasteiger partial charge in [-0.1, -0.05) is 13.3 Å². The molecule has 0 saturated carbocycles. The fourth-order valence-corrected chi connectivity index (χ4v) is 1.76. The third-order valence-electron chi connectivity index (χ3n) is 2.14. The van der Waals surface area contributed by atoms with Crippen molar-refractivity contribution in [2.75, 3.05) is 0 Å². The van der Waals surface area contributed by atoms with Gasteiger partial charge in [0.25, 0.3) is 0 Å². The fourth-order valence-electron chi connectivity index (χ4n) is 1.53. The highest BCUT2D eigenvalue weighted by atomic mass is 79.9. The first-order valence-corrected chi connectivity index (χ1v) is 5.65. The van der Waals surface area contributed by atoms with Gasteiger partial charge in [0.15, 0.2) is 0 Å². The van der Waals surface area contributed by atoms with Crippen molar-refractivity contribution in [3.8, 4) is 0 Å². The van der Waals surface area contributed by atoms with Gasteiger partial charge in [0, 0.05) is 22.8 Å². The van der Waals surface area contributed by atoms with Gasteiger partial charge >= 0.3 is 0 Å². The van der Waals surface area contributed by atoms with Crippen LogP contribution in [0, 0.1) is 0 Å². The molecular weight excluding hydrogens is 242 g/mol. The van der Waals surface area contributed by atoms with Crippen molar-refractivity contribution < 1.29 is 5.11 Å². The van der Waals surface area contributed by atoms with Gasteiger partial charge in [0.1, 0.15) is 0 Å². The average molecular weight is 258 g/mol. The predicted molar refractivity (Wildman–Crippen MR) is 61.2 cm³/mol. The summed E-state index contributed by atoms with van der Waals surface area (Å²) in [5.74, 6) is 0. The van der Waals surface area contributed by atoms with Crippen molar-refractivity contribution in [2.45, 2.75) is 38.7 Å². The van der Waals surface area contributed by atoms with Crippen molar-refractivity contribution in [3.05, 3.63) is 28.5 Å². The Morgan fingerprint density at radius 3 is 2.71 bits per heavy atom. The summed E-state index contributed by atoms with van der Waals surface area (Å²) < 4.78 is 0.969. The van der Waals surface area contributed by atoms with E-state index in [4.69, 9.17) is 0 Å². The highest BCUT2D eigenvalue weighted by Gasteiger charge is 2.19. The lowest BCUT2D eigenvalue weighted by molar-refractivity contribution is 0.0496. The summed E-state index contributed by atoms with van der Waals surface area (Å²) in [6, 6.07) is 3.89. The Hall–Kier alpha value is -0.410. The third-order valence-corrected chi connectivity index (χ3v) is 2.61. The molecule has 0 radical (unpaired) electrons. The van der Waals surface area contributed by atoms with Gasteiger partial charge in [-0.25, -0.2) is 0 Å². The van der Waals surface area contributed by atoms with E-state index < -0.39 is 5.60 Å². The van der Waals surface area contributed by atoms with Gasteiger partial charge in [-0.2, -0.15) is 0 Å². The second-order valence-electron chi connectivity index (χ2n) is 3.89. The van der Waals surface area contributed by atoms with Crippen LogP contribution in [-0.2, 0) is 6.42 Å². The summed E-state index contributed by atoms with van der Waals surface area (Å²) in [4.78, 5) is 4.24. The van der Waals surface area contributed by atoms with E-state index in [0.717, 1.165) is 23.0 Å². The molecule has 1 N–H and O–H groups in total. The molecule has 1 aromatic rings. The smallest absolute Gasteiger partial charge is 0.0674 e. The van der Waals surface area contributed by atoms with Crippen molar-refractivity contribution in [2.24, 2.45) is 0 Å². The van der Waals surface area contributed by atoms with Gasteiger partial charge in [-0.15, -0.1) is 0 Å². The molecule has 0 amide bonds. The zero-order valence-corrected chi connectivity index (χ0v) is 10.2. The maximum atomic E-state index is 9.99. The van der Waals surface area contributed by atoms with Crippen LogP contribution in [0.25, 0.3) is 0 Å². The van der Waals surface area contributed by atoms with Crippen LogP contribution in [0.5, 0.6) is 0 Å². The number of hydrogen-bond acceptors (Lipinski definition) is 2. The molecule has 1 unspecified atom stereocenters. The molecule has 1 atom stereocenters. The summed E-state index contributed by atoms with van der Waals surface area (Å²) in [5, 5.41) is 9.99. The van der Waals surface area contributed by atoms with Crippen molar-refractivity contribution in [3.63, 3.8) is 0 Å². The minimum Gasteiger partial charge on any atom is -0.390 e. The Morgan fingerprint density at radius 2 is 2.21 bits per heavy atom. The largest absolute Gasteiger partial charge is 0.390 e. The number of halogens is 1. The van der Waals surface area contributed by atoms with Crippen LogP contribution in [-0.4, -0.2) is 15.7 Å². The third kappa shape index (κ3) is 3.76. The molecule has 78 valence electrons. The SMILES string of the molecule is CCCC(C)(O)Cc1ccc(Br)cn1. The molecule has 0 aliphatic carbocycles. The molecule has 0 saturated heterocycles.